The van der Waals surface area contributed by atoms with Crippen LogP contribution >= 0.6 is 11.6 Å². The summed E-state index contributed by atoms with van der Waals surface area (Å²) in [6.07, 6.45) is 0.302. The van der Waals surface area contributed by atoms with Gasteiger partial charge in [-0.25, -0.2) is 0 Å². The van der Waals surface area contributed by atoms with Gasteiger partial charge in [0.2, 0.25) is 0 Å². The molecule has 0 heterocycles. The van der Waals surface area contributed by atoms with Gasteiger partial charge in [-0.2, -0.15) is 0 Å². The minimum absolute atomic E-state index is 0.00810. The number of carbonyl (C=O) groups is 1. The first kappa shape index (κ1) is 14.6. The summed E-state index contributed by atoms with van der Waals surface area (Å²) in [5, 5.41) is 8.98. The molecule has 0 aliphatic rings. The summed E-state index contributed by atoms with van der Waals surface area (Å²) in [6, 6.07) is 2.96. The number of halogens is 1. The minimum Gasteiger partial charge on any atom is -0.493 e. The highest BCUT2D eigenvalue weighted by Gasteiger charge is 2.18. The molecule has 0 fully saturated rings. The van der Waals surface area contributed by atoms with E-state index in [4.69, 9.17) is 31.9 Å². The molecule has 0 radical (unpaired) electrons. The second-order valence-corrected chi connectivity index (χ2v) is 4.12. The molecule has 0 bridgehead atoms. The number of ether oxygens (including phenoxy) is 2. The van der Waals surface area contributed by atoms with E-state index in [9.17, 15) is 4.79 Å². The van der Waals surface area contributed by atoms with Crippen molar-refractivity contribution in [1.82, 2.24) is 0 Å². The number of carboxylic acid groups (broad SMARTS) is 1. The lowest BCUT2D eigenvalue weighted by Gasteiger charge is -2.16. The molecule has 0 aromatic heterocycles. The smallest absolute Gasteiger partial charge is 0.303 e. The molecule has 100 valence electrons. The van der Waals surface area contributed by atoms with Crippen molar-refractivity contribution in [3.05, 3.63) is 22.7 Å². The van der Waals surface area contributed by atoms with E-state index in [-0.39, 0.29) is 6.42 Å². The standard InChI is InChI=1S/C12H16ClNO4/c1-17-9-5-3-7(11(13)12(9)18-2)8(14)4-6-10(15)16/h3,5,8H,4,6,14H2,1-2H3,(H,15,16). The highest BCUT2D eigenvalue weighted by molar-refractivity contribution is 6.33. The number of nitrogens with two attached hydrogens (primary N) is 1. The molecule has 1 atom stereocenters. The summed E-state index contributed by atoms with van der Waals surface area (Å²) in [7, 11) is 2.99. The third kappa shape index (κ3) is 3.27. The zero-order valence-corrected chi connectivity index (χ0v) is 11.0. The SMILES string of the molecule is COc1ccc(C(N)CCC(=O)O)c(Cl)c1OC. The Bertz CT molecular complexity index is 436. The van der Waals surface area contributed by atoms with E-state index in [1.165, 1.54) is 14.2 Å². The van der Waals surface area contributed by atoms with Crippen molar-refractivity contribution >= 4 is 17.6 Å². The van der Waals surface area contributed by atoms with Gasteiger partial charge < -0.3 is 20.3 Å². The first-order chi connectivity index (χ1) is 8.51. The number of rotatable bonds is 6. The van der Waals surface area contributed by atoms with Crippen molar-refractivity contribution in [1.29, 1.82) is 0 Å². The summed E-state index contributed by atoms with van der Waals surface area (Å²) in [5.41, 5.74) is 6.56. The monoisotopic (exact) mass is 273 g/mol. The average Bonchev–Trinajstić information content (AvgIpc) is 2.35. The highest BCUT2D eigenvalue weighted by Crippen LogP contribution is 2.39. The van der Waals surface area contributed by atoms with Crippen molar-refractivity contribution in [2.75, 3.05) is 14.2 Å². The van der Waals surface area contributed by atoms with Crippen LogP contribution in [0.2, 0.25) is 5.02 Å². The Kier molecular flexibility index (Phi) is 5.25. The number of carboxylic acids is 1. The maximum Gasteiger partial charge on any atom is 0.303 e. The molecule has 0 spiro atoms. The molecule has 1 aromatic rings. The lowest BCUT2D eigenvalue weighted by Crippen LogP contribution is -2.13. The quantitative estimate of drug-likeness (QED) is 0.830. The maximum atomic E-state index is 10.5. The van der Waals surface area contributed by atoms with E-state index in [0.29, 0.717) is 28.5 Å². The number of hydrogen-bond acceptors (Lipinski definition) is 4. The summed E-state index contributed by atoms with van der Waals surface area (Å²) < 4.78 is 10.3. The largest absolute Gasteiger partial charge is 0.493 e. The molecule has 1 rings (SSSR count). The van der Waals surface area contributed by atoms with Crippen LogP contribution < -0.4 is 15.2 Å². The van der Waals surface area contributed by atoms with E-state index in [1.807, 2.05) is 0 Å². The number of aliphatic carboxylic acids is 1. The van der Waals surface area contributed by atoms with Crippen LogP contribution in [0.4, 0.5) is 0 Å². The Hall–Kier alpha value is -1.46. The van der Waals surface area contributed by atoms with Gasteiger partial charge in [-0.3, -0.25) is 4.79 Å². The topological polar surface area (TPSA) is 81.8 Å². The molecule has 1 unspecified atom stereocenters. The van der Waals surface area contributed by atoms with E-state index < -0.39 is 12.0 Å². The lowest BCUT2D eigenvalue weighted by atomic mass is 10.0. The predicted octanol–water partition coefficient (Wildman–Crippen LogP) is 2.22. The average molecular weight is 274 g/mol. The van der Waals surface area contributed by atoms with E-state index in [0.717, 1.165) is 0 Å². The normalized spacial score (nSPS) is 12.0. The molecule has 6 heteroatoms. The second-order valence-electron chi connectivity index (χ2n) is 3.74. The Labute approximate surface area is 110 Å². The molecule has 5 nitrogen and oxygen atoms in total. The molecule has 0 aliphatic carbocycles. The van der Waals surface area contributed by atoms with Crippen LogP contribution in [0.1, 0.15) is 24.4 Å². The molecule has 18 heavy (non-hydrogen) atoms. The maximum absolute atomic E-state index is 10.5. The van der Waals surface area contributed by atoms with Gasteiger partial charge in [-0.1, -0.05) is 17.7 Å². The van der Waals surface area contributed by atoms with Crippen molar-refractivity contribution in [3.8, 4) is 11.5 Å². The molecule has 0 aliphatic heterocycles. The zero-order chi connectivity index (χ0) is 13.7. The van der Waals surface area contributed by atoms with E-state index >= 15 is 0 Å². The van der Waals surface area contributed by atoms with Gasteiger partial charge >= 0.3 is 5.97 Å². The molecule has 0 saturated carbocycles. The van der Waals surface area contributed by atoms with Crippen LogP contribution in [0, 0.1) is 0 Å². The van der Waals surface area contributed by atoms with Gasteiger partial charge in [0.1, 0.15) is 0 Å². The number of methoxy groups -OCH3 is 2. The fourth-order valence-electron chi connectivity index (χ4n) is 1.63. The van der Waals surface area contributed by atoms with Crippen molar-refractivity contribution in [2.45, 2.75) is 18.9 Å². The van der Waals surface area contributed by atoms with Gasteiger partial charge in [0.05, 0.1) is 19.2 Å². The molecule has 0 saturated heterocycles. The summed E-state index contributed by atoms with van der Waals surface area (Å²) >= 11 is 6.17. The van der Waals surface area contributed by atoms with E-state index in [2.05, 4.69) is 0 Å². The molecule has 0 amide bonds. The first-order valence-corrected chi connectivity index (χ1v) is 5.76. The number of hydrogen-bond donors (Lipinski definition) is 2. The van der Waals surface area contributed by atoms with Gasteiger partial charge in [-0.15, -0.1) is 0 Å². The molecular weight excluding hydrogens is 258 g/mol. The lowest BCUT2D eigenvalue weighted by molar-refractivity contribution is -0.137. The fourth-order valence-corrected chi connectivity index (χ4v) is 2.00. The zero-order valence-electron chi connectivity index (χ0n) is 10.3. The third-order valence-corrected chi connectivity index (χ3v) is 2.97. The Morgan fingerprint density at radius 3 is 2.61 bits per heavy atom. The van der Waals surface area contributed by atoms with Gasteiger partial charge in [0, 0.05) is 12.5 Å². The van der Waals surface area contributed by atoms with Crippen LogP contribution in [0.15, 0.2) is 12.1 Å². The van der Waals surface area contributed by atoms with Crippen molar-refractivity contribution < 1.29 is 19.4 Å². The van der Waals surface area contributed by atoms with E-state index in [1.54, 1.807) is 12.1 Å². The minimum atomic E-state index is -0.887. The Morgan fingerprint density at radius 2 is 2.11 bits per heavy atom. The fraction of sp³-hybridized carbons (Fsp3) is 0.417. The van der Waals surface area contributed by atoms with Gasteiger partial charge in [-0.05, 0) is 18.1 Å². The summed E-state index contributed by atoms with van der Waals surface area (Å²) in [5.74, 6) is 0.0289. The molecule has 3 N–H and O–H groups in total. The predicted molar refractivity (Wildman–Crippen MR) is 68.4 cm³/mol. The third-order valence-electron chi connectivity index (χ3n) is 2.58. The number of benzene rings is 1. The van der Waals surface area contributed by atoms with Crippen LogP contribution in [0.3, 0.4) is 0 Å². The first-order valence-electron chi connectivity index (χ1n) is 5.39. The van der Waals surface area contributed by atoms with Gasteiger partial charge in [0.25, 0.3) is 0 Å². The highest BCUT2D eigenvalue weighted by atomic mass is 35.5. The van der Waals surface area contributed by atoms with Crippen LogP contribution in [-0.2, 0) is 4.79 Å². The van der Waals surface area contributed by atoms with Crippen LogP contribution in [-0.4, -0.2) is 25.3 Å². The Balaban J connectivity index is 2.99. The van der Waals surface area contributed by atoms with Gasteiger partial charge in [0.15, 0.2) is 11.5 Å². The van der Waals surface area contributed by atoms with Crippen LogP contribution in [0.25, 0.3) is 0 Å². The van der Waals surface area contributed by atoms with Crippen LogP contribution in [0.5, 0.6) is 11.5 Å². The van der Waals surface area contributed by atoms with Crippen molar-refractivity contribution in [2.24, 2.45) is 5.73 Å². The summed E-state index contributed by atoms with van der Waals surface area (Å²) in [6.45, 7) is 0. The molecular formula is C12H16ClNO4. The molecule has 1 aromatic carbocycles. The van der Waals surface area contributed by atoms with Crippen molar-refractivity contribution in [3.63, 3.8) is 0 Å². The summed E-state index contributed by atoms with van der Waals surface area (Å²) in [4.78, 5) is 10.5. The Morgan fingerprint density at radius 1 is 1.44 bits per heavy atom. The second kappa shape index (κ2) is 6.47.